The highest BCUT2D eigenvalue weighted by Crippen LogP contribution is 2.25. The molecule has 0 aromatic heterocycles. The van der Waals surface area contributed by atoms with Crippen molar-refractivity contribution in [3.63, 3.8) is 0 Å². The number of hydrogen-bond donors (Lipinski definition) is 2. The molecule has 28 heavy (non-hydrogen) atoms. The molecular formula is C22H19BrN2O3. The van der Waals surface area contributed by atoms with Crippen molar-refractivity contribution in [1.82, 2.24) is 0 Å². The van der Waals surface area contributed by atoms with E-state index in [4.69, 9.17) is 0 Å². The summed E-state index contributed by atoms with van der Waals surface area (Å²) in [5.41, 5.74) is 2.71. The topological polar surface area (TPSA) is 69.6 Å². The molecule has 0 bridgehead atoms. The lowest BCUT2D eigenvalue weighted by Gasteiger charge is -2.22. The highest BCUT2D eigenvalue weighted by molar-refractivity contribution is 9.10. The van der Waals surface area contributed by atoms with Gasteiger partial charge in [-0.25, -0.2) is 4.79 Å². The van der Waals surface area contributed by atoms with Crippen LogP contribution in [0.5, 0.6) is 0 Å². The average molecular weight is 439 g/mol. The summed E-state index contributed by atoms with van der Waals surface area (Å²) in [6, 6.07) is 21.7. The third-order valence-corrected chi connectivity index (χ3v) is 4.79. The predicted molar refractivity (Wildman–Crippen MR) is 114 cm³/mol. The number of hydrogen-bond acceptors (Lipinski definition) is 3. The molecule has 0 fully saturated rings. The van der Waals surface area contributed by atoms with Gasteiger partial charge in [-0.3, -0.25) is 4.79 Å². The second-order valence-electron chi connectivity index (χ2n) is 6.34. The smallest absolute Gasteiger partial charge is 0.337 e. The number of amides is 1. The molecule has 2 N–H and O–H groups in total. The van der Waals surface area contributed by atoms with Crippen LogP contribution in [0.4, 0.5) is 11.4 Å². The fourth-order valence-electron chi connectivity index (χ4n) is 2.86. The molecule has 0 heterocycles. The Balaban J connectivity index is 1.81. The second kappa shape index (κ2) is 8.71. The first-order valence-electron chi connectivity index (χ1n) is 8.63. The third kappa shape index (κ3) is 4.78. The second-order valence-corrected chi connectivity index (χ2v) is 7.26. The van der Waals surface area contributed by atoms with Crippen molar-refractivity contribution < 1.29 is 14.7 Å². The summed E-state index contributed by atoms with van der Waals surface area (Å²) in [5.74, 6) is -1.34. The fraction of sp³-hybridized carbons (Fsp3) is 0.0909. The molecule has 3 rings (SSSR count). The molecule has 0 aliphatic heterocycles. The van der Waals surface area contributed by atoms with Gasteiger partial charge in [-0.2, -0.15) is 0 Å². The number of carboxylic acids is 1. The summed E-state index contributed by atoms with van der Waals surface area (Å²) >= 11 is 3.33. The van der Waals surface area contributed by atoms with Gasteiger partial charge in [-0.15, -0.1) is 0 Å². The molecule has 1 amide bonds. The number of aromatic carboxylic acids is 1. The Kier molecular flexibility index (Phi) is 6.11. The number of anilines is 2. The maximum Gasteiger partial charge on any atom is 0.337 e. The standard InChI is InChI=1S/C22H19BrN2O3/c1-25(14-15-5-3-2-4-6-15)20-12-11-18(13-19(20)22(27)28)24-21(26)16-7-9-17(23)10-8-16/h2-13H,14H2,1H3,(H,24,26)(H,27,28). The molecule has 0 aliphatic carbocycles. The van der Waals surface area contributed by atoms with Crippen LogP contribution in [-0.2, 0) is 6.54 Å². The van der Waals surface area contributed by atoms with Crippen LogP contribution in [0, 0.1) is 0 Å². The predicted octanol–water partition coefficient (Wildman–Crippen LogP) is 5.04. The average Bonchev–Trinajstić information content (AvgIpc) is 2.69. The van der Waals surface area contributed by atoms with Crippen LogP contribution in [0.25, 0.3) is 0 Å². The molecule has 0 spiro atoms. The van der Waals surface area contributed by atoms with Gasteiger partial charge in [0, 0.05) is 29.3 Å². The summed E-state index contributed by atoms with van der Waals surface area (Å²) in [6.45, 7) is 0.575. The van der Waals surface area contributed by atoms with Crippen molar-refractivity contribution in [3.8, 4) is 0 Å². The van der Waals surface area contributed by atoms with Crippen LogP contribution in [0.15, 0.2) is 77.3 Å². The summed E-state index contributed by atoms with van der Waals surface area (Å²) in [4.78, 5) is 26.0. The molecule has 6 heteroatoms. The van der Waals surface area contributed by atoms with Crippen LogP contribution in [-0.4, -0.2) is 24.0 Å². The van der Waals surface area contributed by atoms with Crippen molar-refractivity contribution in [2.24, 2.45) is 0 Å². The number of rotatable bonds is 6. The molecule has 0 atom stereocenters. The number of carboxylic acid groups (broad SMARTS) is 1. The van der Waals surface area contributed by atoms with Gasteiger partial charge in [-0.05, 0) is 48.0 Å². The fourth-order valence-corrected chi connectivity index (χ4v) is 3.13. The number of carbonyl (C=O) groups is 2. The Morgan fingerprint density at radius 2 is 1.68 bits per heavy atom. The molecule has 0 unspecified atom stereocenters. The molecule has 3 aromatic carbocycles. The number of benzene rings is 3. The lowest BCUT2D eigenvalue weighted by molar-refractivity contribution is 0.0697. The van der Waals surface area contributed by atoms with E-state index in [0.717, 1.165) is 10.0 Å². The largest absolute Gasteiger partial charge is 0.478 e. The number of halogens is 1. The highest BCUT2D eigenvalue weighted by Gasteiger charge is 2.16. The van der Waals surface area contributed by atoms with E-state index in [0.29, 0.717) is 23.5 Å². The first-order valence-corrected chi connectivity index (χ1v) is 9.42. The summed E-state index contributed by atoms with van der Waals surface area (Å²) in [6.07, 6.45) is 0. The maximum absolute atomic E-state index is 12.4. The SMILES string of the molecule is CN(Cc1ccccc1)c1ccc(NC(=O)c2ccc(Br)cc2)cc1C(=O)O. The zero-order valence-electron chi connectivity index (χ0n) is 15.2. The minimum atomic E-state index is -1.05. The Morgan fingerprint density at radius 3 is 2.32 bits per heavy atom. The lowest BCUT2D eigenvalue weighted by atomic mass is 10.1. The zero-order chi connectivity index (χ0) is 20.1. The van der Waals surface area contributed by atoms with Gasteiger partial charge < -0.3 is 15.3 Å². The van der Waals surface area contributed by atoms with Gasteiger partial charge in [0.1, 0.15) is 0 Å². The molecule has 0 saturated heterocycles. The quantitative estimate of drug-likeness (QED) is 0.565. The zero-order valence-corrected chi connectivity index (χ0v) is 16.8. The van der Waals surface area contributed by atoms with Crippen LogP contribution < -0.4 is 10.2 Å². The molecule has 142 valence electrons. The van der Waals surface area contributed by atoms with Crippen LogP contribution in [0.3, 0.4) is 0 Å². The van der Waals surface area contributed by atoms with E-state index in [1.807, 2.05) is 42.3 Å². The van der Waals surface area contributed by atoms with E-state index in [2.05, 4.69) is 21.2 Å². The van der Waals surface area contributed by atoms with E-state index < -0.39 is 5.97 Å². The van der Waals surface area contributed by atoms with E-state index in [-0.39, 0.29) is 11.5 Å². The van der Waals surface area contributed by atoms with Crippen molar-refractivity contribution in [2.45, 2.75) is 6.54 Å². The molecule has 3 aromatic rings. The summed E-state index contributed by atoms with van der Waals surface area (Å²) in [7, 11) is 1.84. The first-order chi connectivity index (χ1) is 13.4. The van der Waals surface area contributed by atoms with Crippen LogP contribution in [0.1, 0.15) is 26.3 Å². The van der Waals surface area contributed by atoms with Gasteiger partial charge in [0.15, 0.2) is 0 Å². The summed E-state index contributed by atoms with van der Waals surface area (Å²) < 4.78 is 0.878. The van der Waals surface area contributed by atoms with Crippen molar-refractivity contribution in [2.75, 3.05) is 17.3 Å². The van der Waals surface area contributed by atoms with Crippen molar-refractivity contribution in [1.29, 1.82) is 0 Å². The van der Waals surface area contributed by atoms with Gasteiger partial charge in [0.2, 0.25) is 0 Å². The Labute approximate surface area is 171 Å². The Bertz CT molecular complexity index is 988. The van der Waals surface area contributed by atoms with E-state index in [1.54, 1.807) is 36.4 Å². The van der Waals surface area contributed by atoms with E-state index >= 15 is 0 Å². The van der Waals surface area contributed by atoms with Gasteiger partial charge in [-0.1, -0.05) is 46.3 Å². The van der Waals surface area contributed by atoms with Gasteiger partial charge >= 0.3 is 5.97 Å². The van der Waals surface area contributed by atoms with Crippen molar-refractivity contribution in [3.05, 3.63) is 94.0 Å². The minimum absolute atomic E-state index is 0.132. The number of carbonyl (C=O) groups excluding carboxylic acids is 1. The number of nitrogens with zero attached hydrogens (tertiary/aromatic N) is 1. The van der Waals surface area contributed by atoms with Gasteiger partial charge in [0.25, 0.3) is 5.91 Å². The molecule has 0 aliphatic rings. The molecule has 0 radical (unpaired) electrons. The normalized spacial score (nSPS) is 10.4. The van der Waals surface area contributed by atoms with E-state index in [1.165, 1.54) is 6.07 Å². The van der Waals surface area contributed by atoms with Crippen LogP contribution >= 0.6 is 15.9 Å². The van der Waals surface area contributed by atoms with Gasteiger partial charge in [0.05, 0.1) is 11.3 Å². The van der Waals surface area contributed by atoms with Crippen molar-refractivity contribution >= 4 is 39.2 Å². The molecule has 0 saturated carbocycles. The monoisotopic (exact) mass is 438 g/mol. The summed E-state index contributed by atoms with van der Waals surface area (Å²) in [5, 5.41) is 12.4. The Morgan fingerprint density at radius 1 is 1.00 bits per heavy atom. The number of nitrogens with one attached hydrogen (secondary N) is 1. The Hall–Kier alpha value is -3.12. The van der Waals surface area contributed by atoms with Crippen LogP contribution in [0.2, 0.25) is 0 Å². The first kappa shape index (κ1) is 19.6. The molecule has 5 nitrogen and oxygen atoms in total. The lowest BCUT2D eigenvalue weighted by Crippen LogP contribution is -2.20. The third-order valence-electron chi connectivity index (χ3n) is 4.27. The minimum Gasteiger partial charge on any atom is -0.478 e. The van der Waals surface area contributed by atoms with E-state index in [9.17, 15) is 14.7 Å². The molecular weight excluding hydrogens is 420 g/mol. The highest BCUT2D eigenvalue weighted by atomic mass is 79.9. The maximum atomic E-state index is 12.4.